The van der Waals surface area contributed by atoms with E-state index in [0.29, 0.717) is 28.8 Å². The van der Waals surface area contributed by atoms with Crippen molar-refractivity contribution in [1.29, 1.82) is 0 Å². The lowest BCUT2D eigenvalue weighted by atomic mass is 9.94. The molecule has 0 aliphatic carbocycles. The van der Waals surface area contributed by atoms with Crippen LogP contribution >= 0.6 is 11.3 Å². The highest BCUT2D eigenvalue weighted by Crippen LogP contribution is 2.46. The summed E-state index contributed by atoms with van der Waals surface area (Å²) in [6.07, 6.45) is 0.670. The van der Waals surface area contributed by atoms with Gasteiger partial charge in [0.15, 0.2) is 16.6 Å². The first kappa shape index (κ1) is 24.7. The number of fused-ring (bicyclic) bond motifs is 2. The zero-order chi connectivity index (χ0) is 27.4. The molecular formula is C29H24N2O7S. The molecule has 39 heavy (non-hydrogen) atoms. The number of nitrogens with zero attached hydrogens (tertiary/aromatic N) is 2. The van der Waals surface area contributed by atoms with Crippen molar-refractivity contribution in [3.63, 3.8) is 0 Å². The number of hydrogen-bond donors (Lipinski definition) is 2. The molecule has 0 bridgehead atoms. The molecule has 2 atom stereocenters. The molecule has 4 aromatic rings. The minimum atomic E-state index is -1.02. The van der Waals surface area contributed by atoms with Crippen molar-refractivity contribution in [2.24, 2.45) is 0 Å². The van der Waals surface area contributed by atoms with Gasteiger partial charge >= 0.3 is 5.91 Å². The quantitative estimate of drug-likeness (QED) is 0.205. The number of thiazole rings is 1. The summed E-state index contributed by atoms with van der Waals surface area (Å²) in [5.41, 5.74) is 2.31. The van der Waals surface area contributed by atoms with Crippen LogP contribution in [0.4, 0.5) is 5.13 Å². The highest BCUT2D eigenvalue weighted by Gasteiger charge is 2.48. The van der Waals surface area contributed by atoms with Gasteiger partial charge in [0, 0.05) is 12.0 Å². The van der Waals surface area contributed by atoms with Crippen molar-refractivity contribution in [2.75, 3.05) is 19.1 Å². The number of anilines is 1. The molecular weight excluding hydrogens is 520 g/mol. The zero-order valence-corrected chi connectivity index (χ0v) is 22.1. The predicted octanol–water partition coefficient (Wildman–Crippen LogP) is 4.97. The lowest BCUT2D eigenvalue weighted by molar-refractivity contribution is -0.132. The molecule has 6 rings (SSSR count). The molecule has 198 valence electrons. The maximum atomic E-state index is 13.6. The Balaban J connectivity index is 1.54. The number of phenolic OH excluding ortho intramolecular Hbond substituents is 1. The van der Waals surface area contributed by atoms with Gasteiger partial charge in [-0.05, 0) is 66.6 Å². The van der Waals surface area contributed by atoms with E-state index in [1.165, 1.54) is 29.4 Å². The molecule has 0 saturated carbocycles. The molecule has 1 fully saturated rings. The summed E-state index contributed by atoms with van der Waals surface area (Å²) in [6, 6.07) is 14.1. The Bertz CT molecular complexity index is 1690. The molecule has 3 heterocycles. The second-order valence-corrected chi connectivity index (χ2v) is 10.4. The third-order valence-electron chi connectivity index (χ3n) is 6.92. The molecule has 2 N–H and O–H groups in total. The average molecular weight is 545 g/mol. The number of hydrogen-bond acceptors (Lipinski definition) is 9. The maximum Gasteiger partial charge on any atom is 0.301 e. The number of aliphatic hydroxyl groups excluding tert-OH is 1. The van der Waals surface area contributed by atoms with Gasteiger partial charge in [0.1, 0.15) is 23.4 Å². The molecule has 3 aromatic carbocycles. The molecule has 1 saturated heterocycles. The van der Waals surface area contributed by atoms with E-state index in [9.17, 15) is 19.8 Å². The second kappa shape index (κ2) is 9.32. The van der Waals surface area contributed by atoms with E-state index in [1.807, 2.05) is 6.92 Å². The van der Waals surface area contributed by atoms with Crippen molar-refractivity contribution in [3.8, 4) is 23.0 Å². The number of benzene rings is 3. The van der Waals surface area contributed by atoms with E-state index < -0.39 is 17.7 Å². The Morgan fingerprint density at radius 1 is 1.08 bits per heavy atom. The standard InChI is InChI=1S/C29H24N2O7S/c1-14-10-17-11-16(5-9-21(17)38-14)26(33)24-25(15-4-8-20(32)22(12-15)37-3)31(28(35)27(24)34)29-30-19-7-6-18(36-2)13-23(19)39-29/h4-9,11-14,25,32-33H,10H2,1-3H3/b26-24-. The lowest BCUT2D eigenvalue weighted by Gasteiger charge is -2.23. The summed E-state index contributed by atoms with van der Waals surface area (Å²) >= 11 is 1.23. The van der Waals surface area contributed by atoms with Gasteiger partial charge in [-0.1, -0.05) is 17.4 Å². The summed E-state index contributed by atoms with van der Waals surface area (Å²) in [4.78, 5) is 33.0. The number of aromatic nitrogens is 1. The monoisotopic (exact) mass is 544 g/mol. The van der Waals surface area contributed by atoms with E-state index in [4.69, 9.17) is 14.2 Å². The summed E-state index contributed by atoms with van der Waals surface area (Å²) in [6.45, 7) is 1.96. The van der Waals surface area contributed by atoms with Crippen LogP contribution < -0.4 is 19.1 Å². The molecule has 2 aliphatic rings. The fraction of sp³-hybridized carbons (Fsp3) is 0.207. The van der Waals surface area contributed by atoms with Crippen LogP contribution in [0, 0.1) is 0 Å². The van der Waals surface area contributed by atoms with Crippen molar-refractivity contribution in [3.05, 3.63) is 76.9 Å². The number of ether oxygens (including phenoxy) is 3. The van der Waals surface area contributed by atoms with E-state index in [0.717, 1.165) is 16.0 Å². The predicted molar refractivity (Wildman–Crippen MR) is 146 cm³/mol. The van der Waals surface area contributed by atoms with Crippen molar-refractivity contribution in [1.82, 2.24) is 4.98 Å². The number of Topliss-reactive ketones (excluding diaryl/α,β-unsaturated/α-hetero) is 1. The van der Waals surface area contributed by atoms with Crippen LogP contribution in [0.1, 0.15) is 29.7 Å². The second-order valence-electron chi connectivity index (χ2n) is 9.39. The summed E-state index contributed by atoms with van der Waals surface area (Å²) in [5, 5.41) is 22.0. The number of aliphatic hydroxyl groups is 1. The van der Waals surface area contributed by atoms with Crippen LogP contribution in [0.2, 0.25) is 0 Å². The Morgan fingerprint density at radius 3 is 2.67 bits per heavy atom. The number of carbonyl (C=O) groups excluding carboxylic acids is 2. The molecule has 2 unspecified atom stereocenters. The highest BCUT2D eigenvalue weighted by molar-refractivity contribution is 7.22. The molecule has 1 aromatic heterocycles. The third-order valence-corrected chi connectivity index (χ3v) is 7.94. The van der Waals surface area contributed by atoms with Crippen LogP contribution in [0.15, 0.2) is 60.2 Å². The summed E-state index contributed by atoms with van der Waals surface area (Å²) in [5.74, 6) is -0.547. The topological polar surface area (TPSA) is 118 Å². The van der Waals surface area contributed by atoms with Gasteiger partial charge in [-0.2, -0.15) is 0 Å². The minimum Gasteiger partial charge on any atom is -0.507 e. The smallest absolute Gasteiger partial charge is 0.301 e. The van der Waals surface area contributed by atoms with Crippen molar-refractivity contribution < 1.29 is 34.0 Å². The van der Waals surface area contributed by atoms with Crippen LogP contribution in [0.5, 0.6) is 23.0 Å². The first-order valence-corrected chi connectivity index (χ1v) is 13.0. The van der Waals surface area contributed by atoms with Crippen LogP contribution in [0.25, 0.3) is 16.0 Å². The van der Waals surface area contributed by atoms with Crippen molar-refractivity contribution in [2.45, 2.75) is 25.5 Å². The Kier molecular flexibility index (Phi) is 5.91. The average Bonchev–Trinajstić information content (AvgIpc) is 3.60. The third kappa shape index (κ3) is 4.04. The van der Waals surface area contributed by atoms with Gasteiger partial charge in [0.25, 0.3) is 5.78 Å². The van der Waals surface area contributed by atoms with Gasteiger partial charge in [0.2, 0.25) is 0 Å². The first-order valence-electron chi connectivity index (χ1n) is 12.2. The van der Waals surface area contributed by atoms with E-state index in [-0.39, 0.29) is 34.1 Å². The van der Waals surface area contributed by atoms with Crippen molar-refractivity contribution >= 4 is 44.1 Å². The highest BCUT2D eigenvalue weighted by atomic mass is 32.1. The number of rotatable bonds is 5. The van der Waals surface area contributed by atoms with Gasteiger partial charge in [-0.25, -0.2) is 4.98 Å². The number of carbonyl (C=O) groups is 2. The molecule has 10 heteroatoms. The normalized spacial score (nSPS) is 19.8. The lowest BCUT2D eigenvalue weighted by Crippen LogP contribution is -2.29. The van der Waals surface area contributed by atoms with E-state index in [1.54, 1.807) is 55.6 Å². The molecule has 9 nitrogen and oxygen atoms in total. The van der Waals surface area contributed by atoms with Crippen LogP contribution in [-0.2, 0) is 16.0 Å². The SMILES string of the molecule is COc1ccc2nc(N3C(=O)C(=O)/C(=C(\O)c4ccc5c(c4)CC(C)O5)C3c3ccc(O)c(OC)c3)sc2c1. The fourth-order valence-electron chi connectivity index (χ4n) is 5.06. The van der Waals surface area contributed by atoms with Gasteiger partial charge in [-0.15, -0.1) is 0 Å². The summed E-state index contributed by atoms with van der Waals surface area (Å²) < 4.78 is 17.1. The van der Waals surface area contributed by atoms with Crippen LogP contribution in [0.3, 0.4) is 0 Å². The van der Waals surface area contributed by atoms with Gasteiger partial charge in [-0.3, -0.25) is 14.5 Å². The van der Waals surface area contributed by atoms with Crippen LogP contribution in [-0.4, -0.2) is 47.2 Å². The number of aromatic hydroxyl groups is 1. The number of ketones is 1. The Labute approximate surface area is 227 Å². The molecule has 0 radical (unpaired) electrons. The zero-order valence-electron chi connectivity index (χ0n) is 21.3. The molecule has 1 amide bonds. The van der Waals surface area contributed by atoms with Gasteiger partial charge in [0.05, 0.1) is 36.1 Å². The summed E-state index contributed by atoms with van der Waals surface area (Å²) in [7, 11) is 2.97. The van der Waals surface area contributed by atoms with Gasteiger partial charge < -0.3 is 24.4 Å². The molecule has 0 spiro atoms. The first-order chi connectivity index (χ1) is 18.8. The fourth-order valence-corrected chi connectivity index (χ4v) is 6.08. The largest absolute Gasteiger partial charge is 0.507 e. The Morgan fingerprint density at radius 2 is 1.90 bits per heavy atom. The van der Waals surface area contributed by atoms with E-state index in [2.05, 4.69) is 4.98 Å². The minimum absolute atomic E-state index is 0.00472. The number of phenols is 1. The number of methoxy groups -OCH3 is 2. The molecule has 2 aliphatic heterocycles. The van der Waals surface area contributed by atoms with E-state index >= 15 is 0 Å². The Hall–Kier alpha value is -4.57. The number of amides is 1. The maximum absolute atomic E-state index is 13.6.